The summed E-state index contributed by atoms with van der Waals surface area (Å²) in [7, 11) is 1.90. The van der Waals surface area contributed by atoms with Crippen LogP contribution in [0.5, 0.6) is 0 Å². The zero-order chi connectivity index (χ0) is 19.1. The van der Waals surface area contributed by atoms with Crippen molar-refractivity contribution in [1.82, 2.24) is 9.55 Å². The molecule has 8 heteroatoms. The summed E-state index contributed by atoms with van der Waals surface area (Å²) >= 11 is 2.92. The van der Waals surface area contributed by atoms with Crippen LogP contribution in [0.1, 0.15) is 43.7 Å². The number of hydrogen-bond donors (Lipinski definition) is 2. The molecule has 1 amide bonds. The molecular weight excluding hydrogens is 366 g/mol. The lowest BCUT2D eigenvalue weighted by Gasteiger charge is -2.38. The van der Waals surface area contributed by atoms with Gasteiger partial charge in [0, 0.05) is 25.9 Å². The van der Waals surface area contributed by atoms with E-state index in [1.54, 1.807) is 6.20 Å². The Morgan fingerprint density at radius 2 is 2.23 bits per heavy atom. The van der Waals surface area contributed by atoms with Gasteiger partial charge in [0.05, 0.1) is 21.7 Å². The molecule has 3 N–H and O–H groups in total. The number of hydrogen-bond acceptors (Lipinski definition) is 5. The van der Waals surface area contributed by atoms with E-state index in [1.807, 2.05) is 17.8 Å². The van der Waals surface area contributed by atoms with Gasteiger partial charge >= 0.3 is 0 Å². The minimum Gasteiger partial charge on any atom is -0.333 e. The summed E-state index contributed by atoms with van der Waals surface area (Å²) in [6, 6.07) is 2.32. The fourth-order valence-corrected chi connectivity index (χ4v) is 5.69. The first-order valence-corrected chi connectivity index (χ1v) is 10.3. The number of anilines is 1. The molecule has 2 aromatic rings. The van der Waals surface area contributed by atoms with E-state index in [0.717, 1.165) is 17.1 Å². The van der Waals surface area contributed by atoms with Crippen LogP contribution in [0.2, 0.25) is 0 Å². The second-order valence-electron chi connectivity index (χ2n) is 7.91. The third-order valence-electron chi connectivity index (χ3n) is 4.45. The molecule has 6 nitrogen and oxygen atoms in total. The van der Waals surface area contributed by atoms with Crippen molar-refractivity contribution in [2.45, 2.75) is 50.4 Å². The number of aryl methyl sites for hydroxylation is 1. The second-order valence-corrected chi connectivity index (χ2v) is 9.88. The Morgan fingerprint density at radius 3 is 2.85 bits per heavy atom. The van der Waals surface area contributed by atoms with Gasteiger partial charge in [0.1, 0.15) is 16.6 Å². The second kappa shape index (κ2) is 6.72. The lowest BCUT2D eigenvalue weighted by atomic mass is 9.81. The molecule has 26 heavy (non-hydrogen) atoms. The minimum atomic E-state index is -0.117. The van der Waals surface area contributed by atoms with E-state index >= 15 is 0 Å². The number of nitriles is 1. The van der Waals surface area contributed by atoms with E-state index in [-0.39, 0.29) is 22.7 Å². The average molecular weight is 391 g/mol. The highest BCUT2D eigenvalue weighted by atomic mass is 32.2. The van der Waals surface area contributed by atoms with Crippen molar-refractivity contribution in [1.29, 1.82) is 5.26 Å². The molecule has 138 valence electrons. The largest absolute Gasteiger partial charge is 0.333 e. The van der Waals surface area contributed by atoms with Crippen LogP contribution in [-0.4, -0.2) is 26.8 Å². The standard InChI is InChI=1S/C18H23N5OS2/c1-17(2)8-11-12(9-19)15(26-14(11)18(3,4)22-17)21-13(24)10-25-16-20-6-7-23(16)5/h6-7,22H,8,10H2,1-5H3,(H,21,24)/p+1. The minimum absolute atomic E-state index is 0.0263. The Kier molecular flexibility index (Phi) is 4.90. The number of nitrogens with one attached hydrogen (secondary N) is 1. The first-order chi connectivity index (χ1) is 12.1. The maximum Gasteiger partial charge on any atom is 0.235 e. The lowest BCUT2D eigenvalue weighted by Crippen LogP contribution is -3.03. The highest BCUT2D eigenvalue weighted by molar-refractivity contribution is 7.99. The average Bonchev–Trinajstić information content (AvgIpc) is 3.07. The number of nitrogens with two attached hydrogens (primary N) is 1. The van der Waals surface area contributed by atoms with Crippen molar-refractivity contribution in [3.05, 3.63) is 28.4 Å². The molecule has 0 saturated carbocycles. The molecule has 0 radical (unpaired) electrons. The van der Waals surface area contributed by atoms with E-state index in [9.17, 15) is 10.1 Å². The van der Waals surface area contributed by atoms with Crippen LogP contribution in [0.4, 0.5) is 5.00 Å². The molecule has 0 aromatic carbocycles. The SMILES string of the molecule is Cn1ccnc1SCC(=O)Nc1sc2c(c1C#N)CC(C)(C)[NH2+]C2(C)C. The monoisotopic (exact) mass is 390 g/mol. The van der Waals surface area contributed by atoms with Gasteiger partial charge in [0.15, 0.2) is 5.16 Å². The molecule has 3 rings (SSSR count). The van der Waals surface area contributed by atoms with E-state index in [4.69, 9.17) is 0 Å². The maximum atomic E-state index is 12.4. The number of amides is 1. The molecule has 0 fully saturated rings. The number of nitrogens with zero attached hydrogens (tertiary/aromatic N) is 3. The first-order valence-electron chi connectivity index (χ1n) is 8.46. The molecule has 0 atom stereocenters. The normalized spacial score (nSPS) is 17.4. The van der Waals surface area contributed by atoms with Gasteiger partial charge in [0.25, 0.3) is 0 Å². The number of quaternary nitrogens is 1. The Labute approximate surface area is 162 Å². The molecule has 0 unspecified atom stereocenters. The number of imidazole rings is 1. The number of carbonyl (C=O) groups is 1. The Hall–Kier alpha value is -1.82. The van der Waals surface area contributed by atoms with Crippen molar-refractivity contribution in [3.63, 3.8) is 0 Å². The van der Waals surface area contributed by atoms with Gasteiger partial charge in [-0.1, -0.05) is 11.8 Å². The fourth-order valence-electron chi connectivity index (χ4n) is 3.69. The molecule has 2 aromatic heterocycles. The number of rotatable bonds is 4. The third kappa shape index (κ3) is 3.65. The summed E-state index contributed by atoms with van der Waals surface area (Å²) in [5.41, 5.74) is 1.62. The molecular formula is C18H24N5OS2+. The Morgan fingerprint density at radius 1 is 1.50 bits per heavy atom. The van der Waals surface area contributed by atoms with Crippen LogP contribution in [-0.2, 0) is 23.8 Å². The van der Waals surface area contributed by atoms with Gasteiger partial charge in [-0.3, -0.25) is 4.79 Å². The van der Waals surface area contributed by atoms with Gasteiger partial charge in [-0.15, -0.1) is 11.3 Å². The highest BCUT2D eigenvalue weighted by Gasteiger charge is 2.44. The predicted octanol–water partition coefficient (Wildman–Crippen LogP) is 2.22. The van der Waals surface area contributed by atoms with E-state index < -0.39 is 0 Å². The van der Waals surface area contributed by atoms with Gasteiger partial charge in [0.2, 0.25) is 5.91 Å². The van der Waals surface area contributed by atoms with Crippen molar-refractivity contribution in [2.75, 3.05) is 11.1 Å². The van der Waals surface area contributed by atoms with Crippen LogP contribution >= 0.6 is 23.1 Å². The summed E-state index contributed by atoms with van der Waals surface area (Å²) < 4.78 is 1.88. The molecule has 1 aliphatic rings. The number of thiophene rings is 1. The summed E-state index contributed by atoms with van der Waals surface area (Å²) in [6.45, 7) is 8.73. The van der Waals surface area contributed by atoms with Gasteiger partial charge in [-0.25, -0.2) is 4.98 Å². The van der Waals surface area contributed by atoms with Crippen LogP contribution in [0.15, 0.2) is 17.6 Å². The molecule has 0 bridgehead atoms. The zero-order valence-electron chi connectivity index (χ0n) is 15.7. The smallest absolute Gasteiger partial charge is 0.235 e. The maximum absolute atomic E-state index is 12.4. The summed E-state index contributed by atoms with van der Waals surface area (Å²) in [5.74, 6) is 0.147. The Balaban J connectivity index is 1.81. The molecule has 0 aliphatic carbocycles. The summed E-state index contributed by atoms with van der Waals surface area (Å²) in [6.07, 6.45) is 4.38. The van der Waals surface area contributed by atoms with Crippen molar-refractivity contribution in [2.24, 2.45) is 7.05 Å². The van der Waals surface area contributed by atoms with E-state index in [2.05, 4.69) is 49.4 Å². The van der Waals surface area contributed by atoms with Crippen LogP contribution in [0.3, 0.4) is 0 Å². The molecule has 3 heterocycles. The van der Waals surface area contributed by atoms with E-state index in [1.165, 1.54) is 28.0 Å². The fraction of sp³-hybridized carbons (Fsp3) is 0.500. The highest BCUT2D eigenvalue weighted by Crippen LogP contribution is 2.41. The van der Waals surface area contributed by atoms with Crippen molar-refractivity contribution < 1.29 is 10.1 Å². The lowest BCUT2D eigenvalue weighted by molar-refractivity contribution is -0.789. The quantitative estimate of drug-likeness (QED) is 0.784. The van der Waals surface area contributed by atoms with Crippen LogP contribution < -0.4 is 10.6 Å². The van der Waals surface area contributed by atoms with E-state index in [0.29, 0.717) is 10.6 Å². The van der Waals surface area contributed by atoms with Crippen molar-refractivity contribution in [3.8, 4) is 6.07 Å². The number of thioether (sulfide) groups is 1. The number of aromatic nitrogens is 2. The van der Waals surface area contributed by atoms with Crippen molar-refractivity contribution >= 4 is 34.0 Å². The van der Waals surface area contributed by atoms with Crippen LogP contribution in [0, 0.1) is 11.3 Å². The number of carbonyl (C=O) groups excluding carboxylic acids is 1. The molecule has 0 saturated heterocycles. The summed E-state index contributed by atoms with van der Waals surface area (Å²) in [5, 5.41) is 16.5. The topological polar surface area (TPSA) is 87.3 Å². The first kappa shape index (κ1) is 19.0. The van der Waals surface area contributed by atoms with Gasteiger partial charge < -0.3 is 15.2 Å². The Bertz CT molecular complexity index is 888. The predicted molar refractivity (Wildman–Crippen MR) is 104 cm³/mol. The van der Waals surface area contributed by atoms with Crippen LogP contribution in [0.25, 0.3) is 0 Å². The zero-order valence-corrected chi connectivity index (χ0v) is 17.3. The molecule has 1 aliphatic heterocycles. The molecule has 0 spiro atoms. The third-order valence-corrected chi connectivity index (χ3v) is 7.00. The summed E-state index contributed by atoms with van der Waals surface area (Å²) in [4.78, 5) is 17.8. The van der Waals surface area contributed by atoms with Gasteiger partial charge in [-0.05, 0) is 33.3 Å². The van der Waals surface area contributed by atoms with Gasteiger partial charge in [-0.2, -0.15) is 5.26 Å². The number of fused-ring (bicyclic) bond motifs is 1.